The highest BCUT2D eigenvalue weighted by Crippen LogP contribution is 2.23. The molecule has 2 heterocycles. The van der Waals surface area contributed by atoms with E-state index < -0.39 is 5.97 Å². The Morgan fingerprint density at radius 2 is 1.73 bits per heavy atom. The summed E-state index contributed by atoms with van der Waals surface area (Å²) in [5.74, 6) is -0.875. The predicted octanol–water partition coefficient (Wildman–Crippen LogP) is 1.66. The van der Waals surface area contributed by atoms with Crippen molar-refractivity contribution in [2.75, 3.05) is 32.8 Å². The highest BCUT2D eigenvalue weighted by molar-refractivity contribution is 7.13. The van der Waals surface area contributed by atoms with Crippen LogP contribution in [0.2, 0.25) is 0 Å². The molecule has 0 bridgehead atoms. The number of hydrogen-bond acceptors (Lipinski definition) is 6. The van der Waals surface area contributed by atoms with E-state index in [9.17, 15) is 14.4 Å². The van der Waals surface area contributed by atoms with Gasteiger partial charge in [0.2, 0.25) is 5.91 Å². The number of thiazole rings is 1. The Labute approximate surface area is 155 Å². The Kier molecular flexibility index (Phi) is 5.62. The molecule has 1 saturated heterocycles. The summed E-state index contributed by atoms with van der Waals surface area (Å²) in [6, 6.07) is 9.54. The SMILES string of the molecule is CC(=O)N1CCN(C(=O)COC(=O)c2csc(-c3ccccc3)n2)CC1. The highest BCUT2D eigenvalue weighted by atomic mass is 32.1. The first-order valence-corrected chi connectivity index (χ1v) is 9.14. The quantitative estimate of drug-likeness (QED) is 0.762. The third kappa shape index (κ3) is 4.26. The lowest BCUT2D eigenvalue weighted by Crippen LogP contribution is -2.51. The lowest BCUT2D eigenvalue weighted by Gasteiger charge is -2.34. The van der Waals surface area contributed by atoms with E-state index in [0.29, 0.717) is 26.2 Å². The van der Waals surface area contributed by atoms with Crippen LogP contribution in [0.3, 0.4) is 0 Å². The number of esters is 1. The van der Waals surface area contributed by atoms with Crippen LogP contribution in [0.1, 0.15) is 17.4 Å². The van der Waals surface area contributed by atoms with Gasteiger partial charge in [-0.1, -0.05) is 30.3 Å². The van der Waals surface area contributed by atoms with E-state index in [1.807, 2.05) is 30.3 Å². The molecule has 0 N–H and O–H groups in total. The van der Waals surface area contributed by atoms with Crippen LogP contribution in [-0.2, 0) is 14.3 Å². The zero-order valence-corrected chi connectivity index (χ0v) is 15.2. The molecule has 8 heteroatoms. The van der Waals surface area contributed by atoms with Crippen LogP contribution in [0, 0.1) is 0 Å². The number of benzene rings is 1. The molecule has 7 nitrogen and oxygen atoms in total. The van der Waals surface area contributed by atoms with Crippen molar-refractivity contribution in [3.8, 4) is 10.6 Å². The summed E-state index contributed by atoms with van der Waals surface area (Å²) in [5.41, 5.74) is 1.12. The van der Waals surface area contributed by atoms with Gasteiger partial charge >= 0.3 is 5.97 Å². The van der Waals surface area contributed by atoms with Crippen LogP contribution in [0.25, 0.3) is 10.6 Å². The normalized spacial score (nSPS) is 14.2. The molecule has 136 valence electrons. The average Bonchev–Trinajstić information content (AvgIpc) is 3.17. The van der Waals surface area contributed by atoms with Crippen LogP contribution in [-0.4, -0.2) is 65.4 Å². The fourth-order valence-electron chi connectivity index (χ4n) is 2.64. The summed E-state index contributed by atoms with van der Waals surface area (Å²) in [4.78, 5) is 43.1. The van der Waals surface area contributed by atoms with E-state index in [1.165, 1.54) is 18.3 Å². The van der Waals surface area contributed by atoms with Crippen LogP contribution in [0.15, 0.2) is 35.7 Å². The topological polar surface area (TPSA) is 79.8 Å². The van der Waals surface area contributed by atoms with Gasteiger partial charge in [-0.05, 0) is 0 Å². The van der Waals surface area contributed by atoms with Gasteiger partial charge < -0.3 is 14.5 Å². The number of aromatic nitrogens is 1. The van der Waals surface area contributed by atoms with Crippen molar-refractivity contribution in [3.63, 3.8) is 0 Å². The predicted molar refractivity (Wildman–Crippen MR) is 96.7 cm³/mol. The second-order valence-electron chi connectivity index (χ2n) is 5.87. The minimum absolute atomic E-state index is 0.00118. The number of amides is 2. The fraction of sp³-hybridized carbons (Fsp3) is 0.333. The first kappa shape index (κ1) is 18.1. The Balaban J connectivity index is 1.51. The van der Waals surface area contributed by atoms with Crippen molar-refractivity contribution in [3.05, 3.63) is 41.4 Å². The van der Waals surface area contributed by atoms with Crippen molar-refractivity contribution in [2.24, 2.45) is 0 Å². The number of ether oxygens (including phenoxy) is 1. The van der Waals surface area contributed by atoms with Gasteiger partial charge in [0.15, 0.2) is 12.3 Å². The summed E-state index contributed by atoms with van der Waals surface area (Å²) < 4.78 is 5.10. The summed E-state index contributed by atoms with van der Waals surface area (Å²) in [7, 11) is 0. The summed E-state index contributed by atoms with van der Waals surface area (Å²) in [6.07, 6.45) is 0. The number of rotatable bonds is 4. The minimum Gasteiger partial charge on any atom is -0.451 e. The maximum atomic E-state index is 12.2. The minimum atomic E-state index is -0.612. The van der Waals surface area contributed by atoms with E-state index >= 15 is 0 Å². The lowest BCUT2D eigenvalue weighted by molar-refractivity contribution is -0.140. The molecule has 2 aromatic rings. The van der Waals surface area contributed by atoms with Crippen LogP contribution in [0.5, 0.6) is 0 Å². The highest BCUT2D eigenvalue weighted by Gasteiger charge is 2.23. The standard InChI is InChI=1S/C18H19N3O4S/c1-13(22)20-7-9-21(10-8-20)16(23)11-25-18(24)15-12-26-17(19-15)14-5-3-2-4-6-14/h2-6,12H,7-11H2,1H3. The molecule has 2 amide bonds. The molecule has 3 rings (SSSR count). The second-order valence-corrected chi connectivity index (χ2v) is 6.73. The Hall–Kier alpha value is -2.74. The van der Waals surface area contributed by atoms with E-state index in [4.69, 9.17) is 4.74 Å². The van der Waals surface area contributed by atoms with E-state index in [0.717, 1.165) is 10.6 Å². The second kappa shape index (κ2) is 8.09. The molecule has 1 fully saturated rings. The van der Waals surface area contributed by atoms with Crippen molar-refractivity contribution >= 4 is 29.1 Å². The third-order valence-electron chi connectivity index (χ3n) is 4.14. The van der Waals surface area contributed by atoms with Gasteiger partial charge in [-0.25, -0.2) is 9.78 Å². The van der Waals surface area contributed by atoms with Gasteiger partial charge in [-0.3, -0.25) is 9.59 Å². The molecule has 0 unspecified atom stereocenters. The molecule has 1 aromatic carbocycles. The third-order valence-corrected chi connectivity index (χ3v) is 5.03. The molecule has 0 aliphatic carbocycles. The van der Waals surface area contributed by atoms with Crippen LogP contribution in [0.4, 0.5) is 0 Å². The van der Waals surface area contributed by atoms with Crippen molar-refractivity contribution in [1.29, 1.82) is 0 Å². The lowest BCUT2D eigenvalue weighted by atomic mass is 10.2. The van der Waals surface area contributed by atoms with Gasteiger partial charge in [-0.15, -0.1) is 11.3 Å². The fourth-order valence-corrected chi connectivity index (χ4v) is 3.44. The number of carbonyl (C=O) groups is 3. The van der Waals surface area contributed by atoms with Crippen molar-refractivity contribution in [2.45, 2.75) is 6.92 Å². The van der Waals surface area contributed by atoms with E-state index in [1.54, 1.807) is 15.2 Å². The number of nitrogens with zero attached hydrogens (tertiary/aromatic N) is 3. The summed E-state index contributed by atoms with van der Waals surface area (Å²) in [5, 5.41) is 2.35. The molecule has 0 spiro atoms. The van der Waals surface area contributed by atoms with Gasteiger partial charge in [0.05, 0.1) is 0 Å². The molecular weight excluding hydrogens is 354 g/mol. The summed E-state index contributed by atoms with van der Waals surface area (Å²) >= 11 is 1.35. The smallest absolute Gasteiger partial charge is 0.358 e. The van der Waals surface area contributed by atoms with Crippen LogP contribution < -0.4 is 0 Å². The van der Waals surface area contributed by atoms with Gasteiger partial charge in [0.25, 0.3) is 5.91 Å². The maximum Gasteiger partial charge on any atom is 0.358 e. The van der Waals surface area contributed by atoms with Gasteiger partial charge in [-0.2, -0.15) is 0 Å². The van der Waals surface area contributed by atoms with Gasteiger partial charge in [0, 0.05) is 44.0 Å². The van der Waals surface area contributed by atoms with Crippen molar-refractivity contribution < 1.29 is 19.1 Å². The molecule has 1 aliphatic heterocycles. The largest absolute Gasteiger partial charge is 0.451 e. The average molecular weight is 373 g/mol. The molecule has 26 heavy (non-hydrogen) atoms. The van der Waals surface area contributed by atoms with E-state index in [-0.39, 0.29) is 24.1 Å². The molecule has 1 aromatic heterocycles. The van der Waals surface area contributed by atoms with Crippen molar-refractivity contribution in [1.82, 2.24) is 14.8 Å². The molecule has 1 aliphatic rings. The van der Waals surface area contributed by atoms with Gasteiger partial charge in [0.1, 0.15) is 5.01 Å². The number of piperazine rings is 1. The molecule has 0 radical (unpaired) electrons. The summed E-state index contributed by atoms with van der Waals surface area (Å²) in [6.45, 7) is 3.09. The Morgan fingerprint density at radius 1 is 1.08 bits per heavy atom. The molecule has 0 saturated carbocycles. The Morgan fingerprint density at radius 3 is 2.38 bits per heavy atom. The number of carbonyl (C=O) groups excluding carboxylic acids is 3. The monoisotopic (exact) mass is 373 g/mol. The van der Waals surface area contributed by atoms with E-state index in [2.05, 4.69) is 4.98 Å². The zero-order chi connectivity index (χ0) is 18.5. The Bertz CT molecular complexity index is 798. The first-order chi connectivity index (χ1) is 12.5. The maximum absolute atomic E-state index is 12.2. The molecular formula is C18H19N3O4S. The number of hydrogen-bond donors (Lipinski definition) is 0. The molecule has 0 atom stereocenters. The van der Waals surface area contributed by atoms with Crippen LogP contribution >= 0.6 is 11.3 Å². The first-order valence-electron chi connectivity index (χ1n) is 8.26. The zero-order valence-electron chi connectivity index (χ0n) is 14.4.